The lowest BCUT2D eigenvalue weighted by atomic mass is 9.94. The van der Waals surface area contributed by atoms with E-state index in [1.165, 1.54) is 0 Å². The van der Waals surface area contributed by atoms with Crippen LogP contribution in [0.15, 0.2) is 18.3 Å². The molecule has 1 atom stereocenters. The summed E-state index contributed by atoms with van der Waals surface area (Å²) in [6, 6.07) is 6.31. The minimum atomic E-state index is -0.0357. The van der Waals surface area contributed by atoms with E-state index in [1.807, 2.05) is 12.1 Å². The van der Waals surface area contributed by atoms with Gasteiger partial charge in [-0.3, -0.25) is 0 Å². The number of hydrogen-bond acceptors (Lipinski definition) is 4. The van der Waals surface area contributed by atoms with Crippen LogP contribution < -0.4 is 5.32 Å². The lowest BCUT2D eigenvalue weighted by molar-refractivity contribution is -0.0630. The predicted octanol–water partition coefficient (Wildman–Crippen LogP) is 2.00. The van der Waals surface area contributed by atoms with Gasteiger partial charge in [0.05, 0.1) is 5.60 Å². The zero-order chi connectivity index (χ0) is 13.0. The Morgan fingerprint density at radius 3 is 3.17 bits per heavy atom. The van der Waals surface area contributed by atoms with E-state index < -0.39 is 0 Å². The van der Waals surface area contributed by atoms with Gasteiger partial charge in [-0.25, -0.2) is 4.98 Å². The Kier molecular flexibility index (Phi) is 3.95. The van der Waals surface area contributed by atoms with Crippen LogP contribution in [0.3, 0.4) is 0 Å². The Bertz CT molecular complexity index is 451. The van der Waals surface area contributed by atoms with Gasteiger partial charge in [0.2, 0.25) is 0 Å². The molecule has 4 nitrogen and oxygen atoms in total. The SMILES string of the molecule is CC1(C)CC(NCc2ccnc(C#N)c2)CCO1. The Balaban J connectivity index is 1.89. The van der Waals surface area contributed by atoms with Crippen molar-refractivity contribution >= 4 is 0 Å². The molecule has 0 bridgehead atoms. The highest BCUT2D eigenvalue weighted by Gasteiger charge is 2.28. The summed E-state index contributed by atoms with van der Waals surface area (Å²) in [6.07, 6.45) is 3.74. The van der Waals surface area contributed by atoms with Crippen molar-refractivity contribution in [3.63, 3.8) is 0 Å². The van der Waals surface area contributed by atoms with Crippen molar-refractivity contribution in [3.05, 3.63) is 29.6 Å². The number of rotatable bonds is 3. The smallest absolute Gasteiger partial charge is 0.140 e. The Labute approximate surface area is 108 Å². The second-order valence-electron chi connectivity index (χ2n) is 5.34. The summed E-state index contributed by atoms with van der Waals surface area (Å²) in [4.78, 5) is 3.97. The van der Waals surface area contributed by atoms with Crippen molar-refractivity contribution in [3.8, 4) is 6.07 Å². The highest BCUT2D eigenvalue weighted by atomic mass is 16.5. The van der Waals surface area contributed by atoms with E-state index in [4.69, 9.17) is 10.00 Å². The summed E-state index contributed by atoms with van der Waals surface area (Å²) in [5, 5.41) is 12.3. The number of pyridine rings is 1. The van der Waals surface area contributed by atoms with E-state index in [2.05, 4.69) is 30.2 Å². The van der Waals surface area contributed by atoms with Gasteiger partial charge >= 0.3 is 0 Å². The topological polar surface area (TPSA) is 57.9 Å². The third-order valence-electron chi connectivity index (χ3n) is 3.23. The molecule has 96 valence electrons. The fourth-order valence-electron chi connectivity index (χ4n) is 2.31. The van der Waals surface area contributed by atoms with Crippen molar-refractivity contribution in [1.82, 2.24) is 10.3 Å². The van der Waals surface area contributed by atoms with Crippen molar-refractivity contribution < 1.29 is 4.74 Å². The van der Waals surface area contributed by atoms with Gasteiger partial charge in [-0.05, 0) is 44.4 Å². The van der Waals surface area contributed by atoms with Crippen LogP contribution in [-0.2, 0) is 11.3 Å². The molecule has 0 spiro atoms. The monoisotopic (exact) mass is 245 g/mol. The molecule has 0 saturated carbocycles. The molecule has 1 N–H and O–H groups in total. The highest BCUT2D eigenvalue weighted by Crippen LogP contribution is 2.24. The fourth-order valence-corrected chi connectivity index (χ4v) is 2.31. The molecule has 0 radical (unpaired) electrons. The molecule has 4 heteroatoms. The zero-order valence-corrected chi connectivity index (χ0v) is 10.9. The summed E-state index contributed by atoms with van der Waals surface area (Å²) < 4.78 is 5.69. The molecule has 0 aliphatic carbocycles. The number of aromatic nitrogens is 1. The predicted molar refractivity (Wildman–Crippen MR) is 68.8 cm³/mol. The first kappa shape index (κ1) is 13.0. The molecule has 0 amide bonds. The Hall–Kier alpha value is -1.44. The van der Waals surface area contributed by atoms with Gasteiger partial charge in [-0.2, -0.15) is 5.26 Å². The van der Waals surface area contributed by atoms with Gasteiger partial charge in [0.25, 0.3) is 0 Å². The lowest BCUT2D eigenvalue weighted by Gasteiger charge is -2.36. The van der Waals surface area contributed by atoms with Crippen molar-refractivity contribution in [2.24, 2.45) is 0 Å². The summed E-state index contributed by atoms with van der Waals surface area (Å²) >= 11 is 0. The first-order valence-corrected chi connectivity index (χ1v) is 6.31. The molecule has 1 saturated heterocycles. The third-order valence-corrected chi connectivity index (χ3v) is 3.23. The average molecular weight is 245 g/mol. The normalized spacial score (nSPS) is 22.4. The van der Waals surface area contributed by atoms with Crippen molar-refractivity contribution in [2.45, 2.75) is 44.9 Å². The van der Waals surface area contributed by atoms with E-state index in [0.29, 0.717) is 11.7 Å². The van der Waals surface area contributed by atoms with Crippen molar-refractivity contribution in [1.29, 1.82) is 5.26 Å². The summed E-state index contributed by atoms with van der Waals surface area (Å²) in [5.74, 6) is 0. The molecule has 1 aliphatic rings. The van der Waals surface area contributed by atoms with Gasteiger partial charge in [-0.15, -0.1) is 0 Å². The molecular formula is C14H19N3O. The zero-order valence-electron chi connectivity index (χ0n) is 10.9. The Morgan fingerprint density at radius 1 is 1.61 bits per heavy atom. The van der Waals surface area contributed by atoms with Gasteiger partial charge < -0.3 is 10.1 Å². The number of nitrogens with one attached hydrogen (secondary N) is 1. The number of nitriles is 1. The van der Waals surface area contributed by atoms with Crippen LogP contribution in [0.1, 0.15) is 37.9 Å². The highest BCUT2D eigenvalue weighted by molar-refractivity contribution is 5.25. The van der Waals surface area contributed by atoms with Crippen LogP contribution in [0, 0.1) is 11.3 Å². The average Bonchev–Trinajstić information content (AvgIpc) is 2.35. The second-order valence-corrected chi connectivity index (χ2v) is 5.34. The van der Waals surface area contributed by atoms with E-state index in [-0.39, 0.29) is 5.60 Å². The van der Waals surface area contributed by atoms with Gasteiger partial charge in [0.1, 0.15) is 11.8 Å². The molecule has 1 fully saturated rings. The first-order chi connectivity index (χ1) is 8.59. The van der Waals surface area contributed by atoms with Gasteiger partial charge in [0.15, 0.2) is 0 Å². The van der Waals surface area contributed by atoms with E-state index in [9.17, 15) is 0 Å². The summed E-state index contributed by atoms with van der Waals surface area (Å²) in [6.45, 7) is 5.84. The van der Waals surface area contributed by atoms with E-state index in [1.54, 1.807) is 6.20 Å². The quantitative estimate of drug-likeness (QED) is 0.885. The standard InChI is InChI=1S/C14H19N3O/c1-14(2)8-12(4-6-18-14)17-10-11-3-5-16-13(7-11)9-15/h3,5,7,12,17H,4,6,8,10H2,1-2H3. The van der Waals surface area contributed by atoms with Crippen LogP contribution in [0.4, 0.5) is 0 Å². The fraction of sp³-hybridized carbons (Fsp3) is 0.571. The molecule has 1 aromatic heterocycles. The molecule has 18 heavy (non-hydrogen) atoms. The lowest BCUT2D eigenvalue weighted by Crippen LogP contribution is -2.43. The largest absolute Gasteiger partial charge is 0.375 e. The maximum Gasteiger partial charge on any atom is 0.140 e. The molecular weight excluding hydrogens is 226 g/mol. The number of hydrogen-bond donors (Lipinski definition) is 1. The molecule has 2 rings (SSSR count). The molecule has 1 aliphatic heterocycles. The third kappa shape index (κ3) is 3.52. The first-order valence-electron chi connectivity index (χ1n) is 6.31. The van der Waals surface area contributed by atoms with Crippen LogP contribution in [0.2, 0.25) is 0 Å². The minimum Gasteiger partial charge on any atom is -0.375 e. The number of nitrogens with zero attached hydrogens (tertiary/aromatic N) is 2. The maximum absolute atomic E-state index is 8.80. The van der Waals surface area contributed by atoms with E-state index in [0.717, 1.165) is 31.6 Å². The molecule has 1 aromatic rings. The Morgan fingerprint density at radius 2 is 2.44 bits per heavy atom. The summed E-state index contributed by atoms with van der Waals surface area (Å²) in [7, 11) is 0. The molecule has 1 unspecified atom stereocenters. The molecule has 0 aromatic carbocycles. The van der Waals surface area contributed by atoms with Crippen molar-refractivity contribution in [2.75, 3.05) is 6.61 Å². The number of ether oxygens (including phenoxy) is 1. The maximum atomic E-state index is 8.80. The van der Waals surface area contributed by atoms with Gasteiger partial charge in [-0.1, -0.05) is 0 Å². The van der Waals surface area contributed by atoms with Crippen LogP contribution in [-0.4, -0.2) is 23.2 Å². The van der Waals surface area contributed by atoms with Crippen LogP contribution in [0.25, 0.3) is 0 Å². The van der Waals surface area contributed by atoms with E-state index >= 15 is 0 Å². The molecule has 2 heterocycles. The van der Waals surface area contributed by atoms with Gasteiger partial charge in [0, 0.05) is 25.4 Å². The summed E-state index contributed by atoms with van der Waals surface area (Å²) in [5.41, 5.74) is 1.54. The van der Waals surface area contributed by atoms with Crippen LogP contribution in [0.5, 0.6) is 0 Å². The van der Waals surface area contributed by atoms with Crippen LogP contribution >= 0.6 is 0 Å². The minimum absolute atomic E-state index is 0.0357. The second kappa shape index (κ2) is 5.47.